The number of carboxylic acid groups (broad SMARTS) is 2. The van der Waals surface area contributed by atoms with Crippen LogP contribution < -0.4 is 26.6 Å². The highest BCUT2D eigenvalue weighted by Gasteiger charge is 2.95. The molecule has 7 aliphatic rings. The van der Waals surface area contributed by atoms with E-state index < -0.39 is 83.5 Å². The lowest BCUT2D eigenvalue weighted by Gasteiger charge is -2.64. The number of hydrogen-bond donors (Lipinski definition) is 9. The van der Waals surface area contributed by atoms with E-state index in [1.165, 1.54) is 6.92 Å². The number of carbonyl (C=O) groups is 6. The Morgan fingerprint density at radius 3 is 2.18 bits per heavy atom. The van der Waals surface area contributed by atoms with Crippen molar-refractivity contribution < 1.29 is 49.2 Å². The minimum Gasteiger partial charge on any atom is -0.481 e. The Bertz CT molecular complexity index is 1310. The summed E-state index contributed by atoms with van der Waals surface area (Å²) >= 11 is 0. The van der Waals surface area contributed by atoms with Gasteiger partial charge in [-0.25, -0.2) is 4.79 Å². The van der Waals surface area contributed by atoms with Crippen LogP contribution in [0.5, 0.6) is 0 Å². The van der Waals surface area contributed by atoms with Crippen LogP contribution in [0.3, 0.4) is 0 Å². The molecule has 0 aromatic carbocycles. The van der Waals surface area contributed by atoms with Gasteiger partial charge in [0.25, 0.3) is 5.91 Å². The molecule has 2 aliphatic heterocycles. The lowest BCUT2D eigenvalue weighted by atomic mass is 9.50. The number of aliphatic carboxylic acids is 2. The van der Waals surface area contributed by atoms with Gasteiger partial charge in [-0.15, -0.1) is 0 Å². The van der Waals surface area contributed by atoms with E-state index in [9.17, 15) is 49.2 Å². The van der Waals surface area contributed by atoms with E-state index in [4.69, 9.17) is 0 Å². The fourth-order valence-corrected chi connectivity index (χ4v) is 10.3. The lowest BCUT2D eigenvalue weighted by Crippen LogP contribution is -2.85. The van der Waals surface area contributed by atoms with Crippen molar-refractivity contribution in [1.82, 2.24) is 26.6 Å². The van der Waals surface area contributed by atoms with Crippen molar-refractivity contribution in [3.63, 3.8) is 0 Å². The summed E-state index contributed by atoms with van der Waals surface area (Å²) in [6.45, 7) is 4.03. The van der Waals surface area contributed by atoms with Gasteiger partial charge in [0.2, 0.25) is 17.7 Å². The summed E-state index contributed by atoms with van der Waals surface area (Å²) in [5.74, 6) is -4.82. The first-order valence-electron chi connectivity index (χ1n) is 15.5. The fourth-order valence-electron chi connectivity index (χ4n) is 10.3. The van der Waals surface area contributed by atoms with Gasteiger partial charge in [0.05, 0.1) is 18.3 Å². The van der Waals surface area contributed by atoms with Crippen molar-refractivity contribution in [1.29, 1.82) is 0 Å². The summed E-state index contributed by atoms with van der Waals surface area (Å²) in [6, 6.07) is -4.95. The Balaban J connectivity index is 1.16. The third-order valence-electron chi connectivity index (χ3n) is 12.0. The van der Waals surface area contributed by atoms with Gasteiger partial charge in [-0.3, -0.25) is 29.3 Å². The van der Waals surface area contributed by atoms with Crippen LogP contribution >= 0.6 is 0 Å². The van der Waals surface area contributed by atoms with Gasteiger partial charge in [0.1, 0.15) is 23.7 Å². The second-order valence-electron chi connectivity index (χ2n) is 13.8. The Kier molecular flexibility index (Phi) is 7.24. The molecule has 15 nitrogen and oxygen atoms in total. The number of fused-ring (bicyclic) bond motifs is 1. The summed E-state index contributed by atoms with van der Waals surface area (Å²) < 4.78 is 0. The normalized spacial score (nSPS) is 40.9. The van der Waals surface area contributed by atoms with Gasteiger partial charge >= 0.3 is 11.9 Å². The zero-order chi connectivity index (χ0) is 32.0. The van der Waals surface area contributed by atoms with Gasteiger partial charge < -0.3 is 41.7 Å². The smallest absolute Gasteiger partial charge is 0.328 e. The highest BCUT2D eigenvalue weighted by atomic mass is 16.4. The summed E-state index contributed by atoms with van der Waals surface area (Å²) in [4.78, 5) is 75.7. The molecule has 4 bridgehead atoms. The molecule has 5 saturated carbocycles. The molecule has 44 heavy (non-hydrogen) atoms. The average molecular weight is 620 g/mol. The van der Waals surface area contributed by atoms with Crippen LogP contribution in [-0.2, 0) is 28.8 Å². The van der Waals surface area contributed by atoms with Crippen LogP contribution in [0.25, 0.3) is 0 Å². The molecule has 4 amide bonds. The summed E-state index contributed by atoms with van der Waals surface area (Å²) in [5, 5.41) is 53.2. The van der Waals surface area contributed by atoms with E-state index in [0.29, 0.717) is 24.2 Å². The summed E-state index contributed by atoms with van der Waals surface area (Å²) in [7, 11) is 0. The molecule has 7 fully saturated rings. The van der Waals surface area contributed by atoms with Gasteiger partial charge in [0, 0.05) is 30.1 Å². The molecule has 15 atom stereocenters. The third kappa shape index (κ3) is 3.97. The standard InChI is InChI=1S/C29H41N5O10/c1-4-9(2)22(25(40)31-14(8-35)26(41)42)32-23(38)10(3)30-24(39)13(5-6-15(36)37)33-29-19-12-7-11-16-17(12)21(29)20(16)28(44,18(11)19)27(43)34-29/h9-14,16-22,33,35,44H,4-8H2,1-3H3,(H,30,39)(H,31,40)(H,32,38)(H,34,43)(H,36,37)(H,41,42)/t9-,10-,11?,12?,13-,14-,16?,17?,18?,19?,20?,21?,22-,28?,29?/m0/s1. The first kappa shape index (κ1) is 30.7. The maximum absolute atomic E-state index is 13.7. The van der Waals surface area contributed by atoms with E-state index in [2.05, 4.69) is 26.6 Å². The zero-order valence-corrected chi connectivity index (χ0v) is 24.8. The monoisotopic (exact) mass is 619 g/mol. The van der Waals surface area contributed by atoms with Gasteiger partial charge in [0.15, 0.2) is 0 Å². The zero-order valence-electron chi connectivity index (χ0n) is 24.8. The number of piperidine rings is 2. The number of carboxylic acids is 2. The molecule has 9 N–H and O–H groups in total. The largest absolute Gasteiger partial charge is 0.481 e. The fraction of sp³-hybridized carbons (Fsp3) is 0.793. The molecule has 10 unspecified atom stereocenters. The van der Waals surface area contributed by atoms with Crippen molar-refractivity contribution in [3.8, 4) is 0 Å². The van der Waals surface area contributed by atoms with Crippen molar-refractivity contribution in [2.75, 3.05) is 6.61 Å². The number of carbonyl (C=O) groups excluding carboxylic acids is 4. The predicted octanol–water partition coefficient (Wildman–Crippen LogP) is -2.65. The van der Waals surface area contributed by atoms with Crippen molar-refractivity contribution >= 4 is 35.6 Å². The molecule has 2 heterocycles. The topological polar surface area (TPSA) is 243 Å². The maximum atomic E-state index is 13.7. The number of aliphatic hydroxyl groups is 2. The maximum Gasteiger partial charge on any atom is 0.328 e. The second kappa shape index (κ2) is 10.4. The molecule has 242 valence electrons. The first-order chi connectivity index (χ1) is 20.7. The van der Waals surface area contributed by atoms with Gasteiger partial charge in [-0.05, 0) is 49.4 Å². The molecular formula is C29H41N5O10. The predicted molar refractivity (Wildman–Crippen MR) is 148 cm³/mol. The Labute approximate surface area is 253 Å². The Morgan fingerprint density at radius 2 is 1.57 bits per heavy atom. The average Bonchev–Trinajstić information content (AvgIpc) is 3.52. The van der Waals surface area contributed by atoms with Crippen molar-refractivity contribution in [2.24, 2.45) is 53.3 Å². The van der Waals surface area contributed by atoms with Crippen molar-refractivity contribution in [3.05, 3.63) is 0 Å². The van der Waals surface area contributed by atoms with Gasteiger partial charge in [-0.1, -0.05) is 20.3 Å². The SMILES string of the molecule is CC[C@H](C)[C@H](NC(=O)[C@H](C)NC(=O)[C@H](CCC(=O)O)NC12NC(=O)C3(O)C4C5CC(C6C5C3C61)C42)C(=O)N[C@@H](CO)C(=O)O. The molecule has 7 rings (SSSR count). The van der Waals surface area contributed by atoms with E-state index in [0.717, 1.165) is 6.42 Å². The number of hydrogen-bond acceptors (Lipinski definition) is 9. The number of nitrogens with one attached hydrogen (secondary N) is 5. The lowest BCUT2D eigenvalue weighted by molar-refractivity contribution is -0.215. The van der Waals surface area contributed by atoms with E-state index >= 15 is 0 Å². The summed E-state index contributed by atoms with van der Waals surface area (Å²) in [6.07, 6.45) is 0.946. The first-order valence-corrected chi connectivity index (χ1v) is 15.5. The third-order valence-corrected chi connectivity index (χ3v) is 12.0. The van der Waals surface area contributed by atoms with E-state index in [-0.39, 0.29) is 42.4 Å². The van der Waals surface area contributed by atoms with Gasteiger partial charge in [-0.2, -0.15) is 0 Å². The molecule has 0 aromatic rings. The Morgan fingerprint density at radius 1 is 0.909 bits per heavy atom. The minimum absolute atomic E-state index is 0.0573. The highest BCUT2D eigenvalue weighted by molar-refractivity contribution is 5.95. The van der Waals surface area contributed by atoms with Crippen LogP contribution in [0.15, 0.2) is 0 Å². The second-order valence-corrected chi connectivity index (χ2v) is 13.8. The van der Waals surface area contributed by atoms with E-state index in [1.54, 1.807) is 13.8 Å². The molecule has 5 aliphatic carbocycles. The van der Waals surface area contributed by atoms with Crippen LogP contribution in [0.1, 0.15) is 46.5 Å². The Hall–Kier alpha value is -3.30. The molecule has 0 radical (unpaired) electrons. The quantitative estimate of drug-likeness (QED) is 0.0917. The molecular weight excluding hydrogens is 578 g/mol. The molecule has 2 saturated heterocycles. The number of rotatable bonds is 15. The number of aliphatic hydroxyl groups excluding tert-OH is 1. The number of amides is 4. The van der Waals surface area contributed by atoms with E-state index in [1.807, 2.05) is 0 Å². The van der Waals surface area contributed by atoms with Crippen LogP contribution in [0.2, 0.25) is 0 Å². The minimum atomic E-state index is -1.56. The van der Waals surface area contributed by atoms with Crippen LogP contribution in [0, 0.1) is 53.3 Å². The summed E-state index contributed by atoms with van der Waals surface area (Å²) in [5.41, 5.74) is -2.32. The molecule has 15 heteroatoms. The molecule has 0 spiro atoms. The van der Waals surface area contributed by atoms with Crippen molar-refractivity contribution in [2.45, 2.75) is 81.9 Å². The highest BCUT2D eigenvalue weighted by Crippen LogP contribution is 2.88. The van der Waals surface area contributed by atoms with Crippen LogP contribution in [0.4, 0.5) is 0 Å². The van der Waals surface area contributed by atoms with Crippen LogP contribution in [-0.4, -0.2) is 98.0 Å². The molecule has 0 aromatic heterocycles.